The Kier molecular flexibility index (Phi) is 4.39. The molecule has 3 nitrogen and oxygen atoms in total. The molecule has 0 aliphatic carbocycles. The SMILES string of the molecule is C=C(C)COc1ccc(C(O)C2CCCN2)cc1. The van der Waals surface area contributed by atoms with Crippen molar-refractivity contribution in [2.75, 3.05) is 13.2 Å². The molecular formula is C15H21NO2. The molecule has 0 aromatic heterocycles. The second-order valence-corrected chi connectivity index (χ2v) is 4.96. The molecule has 1 heterocycles. The van der Waals surface area contributed by atoms with E-state index in [1.54, 1.807) is 0 Å². The van der Waals surface area contributed by atoms with Crippen LogP contribution in [0, 0.1) is 0 Å². The molecule has 0 spiro atoms. The molecule has 0 saturated carbocycles. The highest BCUT2D eigenvalue weighted by Crippen LogP contribution is 2.24. The van der Waals surface area contributed by atoms with E-state index in [1.807, 2.05) is 31.2 Å². The second kappa shape index (κ2) is 6.03. The molecule has 1 aliphatic rings. The maximum absolute atomic E-state index is 10.2. The Balaban J connectivity index is 1.95. The van der Waals surface area contributed by atoms with Crippen molar-refractivity contribution >= 4 is 0 Å². The molecule has 2 atom stereocenters. The van der Waals surface area contributed by atoms with Crippen molar-refractivity contribution in [3.63, 3.8) is 0 Å². The number of ether oxygens (including phenoxy) is 1. The molecular weight excluding hydrogens is 226 g/mol. The van der Waals surface area contributed by atoms with Gasteiger partial charge in [-0.05, 0) is 49.6 Å². The average Bonchev–Trinajstić information content (AvgIpc) is 2.90. The molecule has 2 unspecified atom stereocenters. The molecule has 3 heteroatoms. The Hall–Kier alpha value is -1.32. The van der Waals surface area contributed by atoms with E-state index in [2.05, 4.69) is 11.9 Å². The van der Waals surface area contributed by atoms with Gasteiger partial charge >= 0.3 is 0 Å². The minimum absolute atomic E-state index is 0.187. The Morgan fingerprint density at radius 2 is 2.22 bits per heavy atom. The van der Waals surface area contributed by atoms with Gasteiger partial charge in [-0.1, -0.05) is 18.7 Å². The molecule has 0 radical (unpaired) electrons. The van der Waals surface area contributed by atoms with Gasteiger partial charge in [0.05, 0.1) is 6.10 Å². The first kappa shape index (κ1) is 13.1. The number of aliphatic hydroxyl groups excluding tert-OH is 1. The summed E-state index contributed by atoms with van der Waals surface area (Å²) in [5.74, 6) is 0.813. The molecule has 0 bridgehead atoms. The molecule has 1 fully saturated rings. The zero-order valence-electron chi connectivity index (χ0n) is 10.9. The summed E-state index contributed by atoms with van der Waals surface area (Å²) in [5, 5.41) is 13.5. The monoisotopic (exact) mass is 247 g/mol. The van der Waals surface area contributed by atoms with Crippen LogP contribution < -0.4 is 10.1 Å². The van der Waals surface area contributed by atoms with Crippen molar-refractivity contribution in [3.8, 4) is 5.75 Å². The van der Waals surface area contributed by atoms with Crippen LogP contribution in [0.15, 0.2) is 36.4 Å². The van der Waals surface area contributed by atoms with Crippen LogP contribution in [-0.4, -0.2) is 24.3 Å². The number of benzene rings is 1. The van der Waals surface area contributed by atoms with Crippen LogP contribution in [0.25, 0.3) is 0 Å². The molecule has 2 rings (SSSR count). The summed E-state index contributed by atoms with van der Waals surface area (Å²) in [4.78, 5) is 0. The van der Waals surface area contributed by atoms with E-state index in [4.69, 9.17) is 4.74 Å². The first-order valence-electron chi connectivity index (χ1n) is 6.45. The van der Waals surface area contributed by atoms with E-state index in [0.717, 1.165) is 36.3 Å². The minimum atomic E-state index is -0.428. The zero-order valence-corrected chi connectivity index (χ0v) is 10.9. The standard InChI is InChI=1S/C15H21NO2/c1-11(2)10-18-13-7-5-12(6-8-13)15(17)14-4-3-9-16-14/h5-8,14-17H,1,3-4,9-10H2,2H3. The normalized spacial score (nSPS) is 20.7. The van der Waals surface area contributed by atoms with Crippen molar-refractivity contribution in [2.24, 2.45) is 0 Å². The van der Waals surface area contributed by atoms with Crippen molar-refractivity contribution in [2.45, 2.75) is 31.9 Å². The number of nitrogens with one attached hydrogen (secondary N) is 1. The Labute approximate surface area is 108 Å². The van der Waals surface area contributed by atoms with Crippen LogP contribution in [0.1, 0.15) is 31.4 Å². The average molecular weight is 247 g/mol. The maximum atomic E-state index is 10.2. The van der Waals surface area contributed by atoms with Gasteiger partial charge in [-0.25, -0.2) is 0 Å². The summed E-state index contributed by atoms with van der Waals surface area (Å²) in [6.07, 6.45) is 1.75. The number of hydrogen-bond donors (Lipinski definition) is 2. The van der Waals surface area contributed by atoms with Gasteiger partial charge in [0.2, 0.25) is 0 Å². The van der Waals surface area contributed by atoms with Gasteiger partial charge in [-0.15, -0.1) is 0 Å². The predicted molar refractivity (Wildman–Crippen MR) is 72.7 cm³/mol. The predicted octanol–water partition coefficient (Wildman–Crippen LogP) is 2.43. The van der Waals surface area contributed by atoms with Gasteiger partial charge in [0.25, 0.3) is 0 Å². The minimum Gasteiger partial charge on any atom is -0.489 e. The maximum Gasteiger partial charge on any atom is 0.119 e. The molecule has 1 aromatic carbocycles. The molecule has 98 valence electrons. The fourth-order valence-corrected chi connectivity index (χ4v) is 2.18. The molecule has 0 amide bonds. The van der Waals surface area contributed by atoms with E-state index in [0.29, 0.717) is 6.61 Å². The van der Waals surface area contributed by atoms with Crippen LogP contribution in [0.3, 0.4) is 0 Å². The molecule has 1 saturated heterocycles. The third-order valence-electron chi connectivity index (χ3n) is 3.19. The van der Waals surface area contributed by atoms with E-state index < -0.39 is 6.10 Å². The van der Waals surface area contributed by atoms with E-state index in [1.165, 1.54) is 0 Å². The summed E-state index contributed by atoms with van der Waals surface area (Å²) in [7, 11) is 0. The Morgan fingerprint density at radius 1 is 1.50 bits per heavy atom. The fourth-order valence-electron chi connectivity index (χ4n) is 2.18. The van der Waals surface area contributed by atoms with Crippen LogP contribution in [0.2, 0.25) is 0 Å². The lowest BCUT2D eigenvalue weighted by molar-refractivity contribution is 0.137. The third kappa shape index (κ3) is 3.34. The van der Waals surface area contributed by atoms with Crippen LogP contribution in [0.5, 0.6) is 5.75 Å². The van der Waals surface area contributed by atoms with Gasteiger partial charge in [0.1, 0.15) is 12.4 Å². The summed E-state index contributed by atoms with van der Waals surface area (Å²) in [5.41, 5.74) is 1.94. The van der Waals surface area contributed by atoms with E-state index >= 15 is 0 Å². The molecule has 1 aliphatic heterocycles. The van der Waals surface area contributed by atoms with Crippen molar-refractivity contribution in [1.29, 1.82) is 0 Å². The number of rotatable bonds is 5. The lowest BCUT2D eigenvalue weighted by Crippen LogP contribution is -2.28. The van der Waals surface area contributed by atoms with Gasteiger partial charge in [-0.2, -0.15) is 0 Å². The van der Waals surface area contributed by atoms with E-state index in [9.17, 15) is 5.11 Å². The van der Waals surface area contributed by atoms with Crippen LogP contribution >= 0.6 is 0 Å². The summed E-state index contributed by atoms with van der Waals surface area (Å²) in [6, 6.07) is 7.84. The van der Waals surface area contributed by atoms with E-state index in [-0.39, 0.29) is 6.04 Å². The highest BCUT2D eigenvalue weighted by atomic mass is 16.5. The topological polar surface area (TPSA) is 41.5 Å². The smallest absolute Gasteiger partial charge is 0.119 e. The second-order valence-electron chi connectivity index (χ2n) is 4.96. The molecule has 18 heavy (non-hydrogen) atoms. The van der Waals surface area contributed by atoms with Gasteiger partial charge in [0, 0.05) is 6.04 Å². The number of hydrogen-bond acceptors (Lipinski definition) is 3. The summed E-state index contributed by atoms with van der Waals surface area (Å²) >= 11 is 0. The Bertz CT molecular complexity index is 393. The zero-order chi connectivity index (χ0) is 13.0. The van der Waals surface area contributed by atoms with Crippen molar-refractivity contribution in [1.82, 2.24) is 5.32 Å². The Morgan fingerprint density at radius 3 is 2.78 bits per heavy atom. The highest BCUT2D eigenvalue weighted by Gasteiger charge is 2.23. The van der Waals surface area contributed by atoms with Crippen molar-refractivity contribution in [3.05, 3.63) is 42.0 Å². The lowest BCUT2D eigenvalue weighted by atomic mass is 10.0. The third-order valence-corrected chi connectivity index (χ3v) is 3.19. The van der Waals surface area contributed by atoms with Crippen LogP contribution in [0.4, 0.5) is 0 Å². The van der Waals surface area contributed by atoms with Gasteiger partial charge in [0.15, 0.2) is 0 Å². The largest absolute Gasteiger partial charge is 0.489 e. The lowest BCUT2D eigenvalue weighted by Gasteiger charge is -2.18. The summed E-state index contributed by atoms with van der Waals surface area (Å²) in [6.45, 7) is 7.26. The summed E-state index contributed by atoms with van der Waals surface area (Å²) < 4.78 is 5.53. The van der Waals surface area contributed by atoms with Gasteiger partial charge in [-0.3, -0.25) is 0 Å². The fraction of sp³-hybridized carbons (Fsp3) is 0.467. The number of aliphatic hydroxyl groups is 1. The van der Waals surface area contributed by atoms with Crippen molar-refractivity contribution < 1.29 is 9.84 Å². The first-order valence-corrected chi connectivity index (χ1v) is 6.45. The molecule has 2 N–H and O–H groups in total. The van der Waals surface area contributed by atoms with Gasteiger partial charge < -0.3 is 15.2 Å². The van der Waals surface area contributed by atoms with Crippen LogP contribution in [-0.2, 0) is 0 Å². The highest BCUT2D eigenvalue weighted by molar-refractivity contribution is 5.29. The quantitative estimate of drug-likeness (QED) is 0.785. The first-order chi connectivity index (χ1) is 8.66. The molecule has 1 aromatic rings.